The molecule has 2 N–H and O–H groups in total. The number of hydrogen-bond acceptors (Lipinski definition) is 6. The van der Waals surface area contributed by atoms with Crippen molar-refractivity contribution < 1.29 is 28.3 Å². The Morgan fingerprint density at radius 2 is 1.51 bits per heavy atom. The predicted octanol–water partition coefficient (Wildman–Crippen LogP) is 5.34. The molecule has 0 aromatic heterocycles. The molecular weight excluding hydrogens is 524 g/mol. The summed E-state index contributed by atoms with van der Waals surface area (Å²) in [5.74, 6) is -3.00. The van der Waals surface area contributed by atoms with Crippen LogP contribution in [0.2, 0.25) is 5.02 Å². The standard InChI is InChI=1S/C26H18Cl2FN3O5/c1-2-37-26(36)15-5-10-18(11-6-15)32-24(34)21(28)22(25(32)35)30-16-7-3-14(4-8-16)23(33)31-17-9-12-20(29)19(27)13-17/h3-13,30H,2H2,1H3,(H,31,33). The number of anilines is 3. The quantitative estimate of drug-likeness (QED) is 0.309. The largest absolute Gasteiger partial charge is 0.462 e. The van der Waals surface area contributed by atoms with Gasteiger partial charge in [-0.1, -0.05) is 23.2 Å². The number of benzene rings is 3. The lowest BCUT2D eigenvalue weighted by Crippen LogP contribution is -2.32. The van der Waals surface area contributed by atoms with Gasteiger partial charge in [0.25, 0.3) is 17.7 Å². The van der Waals surface area contributed by atoms with Gasteiger partial charge in [-0.2, -0.15) is 0 Å². The van der Waals surface area contributed by atoms with Crippen molar-refractivity contribution in [2.45, 2.75) is 6.92 Å². The van der Waals surface area contributed by atoms with E-state index in [9.17, 15) is 23.6 Å². The third-order valence-corrected chi connectivity index (χ3v) is 5.90. The van der Waals surface area contributed by atoms with Crippen LogP contribution in [0.5, 0.6) is 0 Å². The molecule has 1 aliphatic rings. The molecule has 3 aromatic carbocycles. The number of amides is 3. The zero-order valence-corrected chi connectivity index (χ0v) is 20.7. The number of hydrogen-bond donors (Lipinski definition) is 2. The molecule has 0 bridgehead atoms. The van der Waals surface area contributed by atoms with E-state index in [1.807, 2.05) is 0 Å². The van der Waals surface area contributed by atoms with E-state index >= 15 is 0 Å². The highest BCUT2D eigenvalue weighted by Gasteiger charge is 2.39. The molecule has 11 heteroatoms. The van der Waals surface area contributed by atoms with Gasteiger partial charge in [0.1, 0.15) is 16.5 Å². The Hall–Kier alpha value is -4.21. The Morgan fingerprint density at radius 1 is 0.892 bits per heavy atom. The van der Waals surface area contributed by atoms with Crippen molar-refractivity contribution in [1.29, 1.82) is 0 Å². The first-order chi connectivity index (χ1) is 17.7. The fourth-order valence-electron chi connectivity index (χ4n) is 3.43. The first-order valence-corrected chi connectivity index (χ1v) is 11.6. The molecule has 8 nitrogen and oxygen atoms in total. The summed E-state index contributed by atoms with van der Waals surface area (Å²) in [6, 6.07) is 15.6. The van der Waals surface area contributed by atoms with Crippen LogP contribution in [0.15, 0.2) is 77.5 Å². The van der Waals surface area contributed by atoms with Crippen molar-refractivity contribution in [1.82, 2.24) is 0 Å². The lowest BCUT2D eigenvalue weighted by atomic mass is 10.2. The summed E-state index contributed by atoms with van der Waals surface area (Å²) < 4.78 is 18.2. The van der Waals surface area contributed by atoms with E-state index in [0.717, 1.165) is 11.0 Å². The van der Waals surface area contributed by atoms with Crippen molar-refractivity contribution >= 4 is 64.0 Å². The van der Waals surface area contributed by atoms with E-state index in [1.165, 1.54) is 60.7 Å². The minimum atomic E-state index is -0.730. The summed E-state index contributed by atoms with van der Waals surface area (Å²) in [5, 5.41) is 4.99. The van der Waals surface area contributed by atoms with Gasteiger partial charge in [0, 0.05) is 16.9 Å². The second kappa shape index (κ2) is 10.8. The van der Waals surface area contributed by atoms with Crippen molar-refractivity contribution in [2.24, 2.45) is 0 Å². The molecule has 0 atom stereocenters. The van der Waals surface area contributed by atoms with Crippen LogP contribution in [0.25, 0.3) is 0 Å². The number of carbonyl (C=O) groups is 4. The molecular formula is C26H18Cl2FN3O5. The zero-order chi connectivity index (χ0) is 26.7. The maximum atomic E-state index is 13.3. The molecule has 0 saturated heterocycles. The van der Waals surface area contributed by atoms with Crippen LogP contribution in [0.4, 0.5) is 21.5 Å². The number of ether oxygens (including phenoxy) is 1. The number of esters is 1. The fourth-order valence-corrected chi connectivity index (χ4v) is 3.83. The van der Waals surface area contributed by atoms with Gasteiger partial charge in [0.2, 0.25) is 0 Å². The number of rotatable bonds is 7. The summed E-state index contributed by atoms with van der Waals surface area (Å²) in [5.41, 5.74) is 1.36. The average Bonchev–Trinajstić information content (AvgIpc) is 3.10. The summed E-state index contributed by atoms with van der Waals surface area (Å²) in [6.07, 6.45) is 0. The van der Waals surface area contributed by atoms with Crippen molar-refractivity contribution in [3.05, 3.63) is 99.4 Å². The van der Waals surface area contributed by atoms with Gasteiger partial charge in [-0.15, -0.1) is 0 Å². The molecule has 3 amide bonds. The Labute approximate surface area is 220 Å². The summed E-state index contributed by atoms with van der Waals surface area (Å²) in [6.45, 7) is 1.90. The highest BCUT2D eigenvalue weighted by atomic mass is 35.5. The van der Waals surface area contributed by atoms with Crippen LogP contribution < -0.4 is 15.5 Å². The molecule has 1 heterocycles. The Balaban J connectivity index is 1.45. The predicted molar refractivity (Wildman–Crippen MR) is 137 cm³/mol. The van der Waals surface area contributed by atoms with Crippen LogP contribution in [0.3, 0.4) is 0 Å². The van der Waals surface area contributed by atoms with Crippen molar-refractivity contribution in [3.63, 3.8) is 0 Å². The minimum absolute atomic E-state index is 0.123. The molecule has 0 spiro atoms. The second-order valence-corrected chi connectivity index (χ2v) is 8.47. The van der Waals surface area contributed by atoms with E-state index in [1.54, 1.807) is 6.92 Å². The van der Waals surface area contributed by atoms with Gasteiger partial charge in [-0.25, -0.2) is 14.1 Å². The number of carbonyl (C=O) groups excluding carboxylic acids is 4. The Kier molecular flexibility index (Phi) is 7.56. The van der Waals surface area contributed by atoms with Gasteiger partial charge in [0.05, 0.1) is 22.9 Å². The van der Waals surface area contributed by atoms with Gasteiger partial charge in [-0.3, -0.25) is 14.4 Å². The Morgan fingerprint density at radius 3 is 2.14 bits per heavy atom. The monoisotopic (exact) mass is 541 g/mol. The van der Waals surface area contributed by atoms with Gasteiger partial charge in [0.15, 0.2) is 0 Å². The molecule has 188 valence electrons. The topological polar surface area (TPSA) is 105 Å². The molecule has 0 unspecified atom stereocenters. The Bertz CT molecular complexity index is 1440. The van der Waals surface area contributed by atoms with E-state index in [0.29, 0.717) is 11.4 Å². The number of imide groups is 1. The molecule has 37 heavy (non-hydrogen) atoms. The zero-order valence-electron chi connectivity index (χ0n) is 19.2. The maximum absolute atomic E-state index is 13.3. The number of nitrogens with zero attached hydrogens (tertiary/aromatic N) is 1. The average molecular weight is 542 g/mol. The highest BCUT2D eigenvalue weighted by molar-refractivity contribution is 6.53. The third kappa shape index (κ3) is 5.47. The van der Waals surface area contributed by atoms with Crippen LogP contribution in [0.1, 0.15) is 27.6 Å². The number of halogens is 3. The van der Waals surface area contributed by atoms with Crippen LogP contribution in [0, 0.1) is 5.82 Å². The van der Waals surface area contributed by atoms with Gasteiger partial charge >= 0.3 is 5.97 Å². The summed E-state index contributed by atoms with van der Waals surface area (Å²) >= 11 is 11.9. The first kappa shape index (κ1) is 25.9. The lowest BCUT2D eigenvalue weighted by molar-refractivity contribution is -0.120. The second-order valence-electron chi connectivity index (χ2n) is 7.69. The molecule has 3 aromatic rings. The molecule has 0 aliphatic carbocycles. The molecule has 4 rings (SSSR count). The van der Waals surface area contributed by atoms with E-state index in [-0.39, 0.29) is 39.2 Å². The normalized spacial score (nSPS) is 13.1. The van der Waals surface area contributed by atoms with Crippen LogP contribution in [-0.2, 0) is 14.3 Å². The molecule has 0 saturated carbocycles. The smallest absolute Gasteiger partial charge is 0.338 e. The number of nitrogens with one attached hydrogen (secondary N) is 2. The fraction of sp³-hybridized carbons (Fsp3) is 0.0769. The van der Waals surface area contributed by atoms with Crippen LogP contribution >= 0.6 is 23.2 Å². The summed E-state index contributed by atoms with van der Waals surface area (Å²) in [7, 11) is 0. The third-order valence-electron chi connectivity index (χ3n) is 5.26. The maximum Gasteiger partial charge on any atom is 0.338 e. The van der Waals surface area contributed by atoms with Crippen LogP contribution in [-0.4, -0.2) is 30.3 Å². The minimum Gasteiger partial charge on any atom is -0.462 e. The van der Waals surface area contributed by atoms with Crippen molar-refractivity contribution in [3.8, 4) is 0 Å². The molecule has 0 radical (unpaired) electrons. The SMILES string of the molecule is CCOC(=O)c1ccc(N2C(=O)C(Cl)=C(Nc3ccc(C(=O)Nc4ccc(F)c(Cl)c4)cc3)C2=O)cc1. The lowest BCUT2D eigenvalue weighted by Gasteiger charge is -2.15. The molecule has 1 aliphatic heterocycles. The molecule has 0 fully saturated rings. The highest BCUT2D eigenvalue weighted by Crippen LogP contribution is 2.30. The van der Waals surface area contributed by atoms with E-state index in [4.69, 9.17) is 27.9 Å². The van der Waals surface area contributed by atoms with E-state index < -0.39 is 29.5 Å². The van der Waals surface area contributed by atoms with Gasteiger partial charge < -0.3 is 15.4 Å². The van der Waals surface area contributed by atoms with Crippen molar-refractivity contribution in [2.75, 3.05) is 22.1 Å². The van der Waals surface area contributed by atoms with Gasteiger partial charge in [-0.05, 0) is 73.7 Å². The summed E-state index contributed by atoms with van der Waals surface area (Å²) in [4.78, 5) is 50.9. The first-order valence-electron chi connectivity index (χ1n) is 10.9. The van der Waals surface area contributed by atoms with E-state index in [2.05, 4.69) is 10.6 Å².